The molecule has 0 aliphatic heterocycles. The average Bonchev–Trinajstić information content (AvgIpc) is 2.84. The van der Waals surface area contributed by atoms with E-state index < -0.39 is 84.6 Å². The van der Waals surface area contributed by atoms with Crippen LogP contribution in [0.3, 0.4) is 0 Å². The van der Waals surface area contributed by atoms with Gasteiger partial charge in [0.15, 0.2) is 0 Å². The number of rotatable bonds is 19. The minimum Gasteiger partial charge on any atom is -0.200 e. The van der Waals surface area contributed by atoms with Crippen LogP contribution >= 0.6 is 0 Å². The lowest BCUT2D eigenvalue weighted by atomic mass is 9.85. The van der Waals surface area contributed by atoms with Gasteiger partial charge >= 0.3 is 59.2 Å². The zero-order chi connectivity index (χ0) is 34.1. The topological polar surface area (TPSA) is 0 Å². The molecule has 0 bridgehead atoms. The normalized spacial score (nSPS) is 15.7. The van der Waals surface area contributed by atoms with Crippen molar-refractivity contribution in [2.75, 3.05) is 0 Å². The van der Waals surface area contributed by atoms with Gasteiger partial charge in [-0.2, -0.15) is 87.8 Å². The van der Waals surface area contributed by atoms with Crippen molar-refractivity contribution < 1.29 is 87.8 Å². The van der Waals surface area contributed by atoms with Gasteiger partial charge < -0.3 is 0 Å². The fourth-order valence-electron chi connectivity index (χ4n) is 3.39. The second-order valence-electron chi connectivity index (χ2n) is 9.35. The van der Waals surface area contributed by atoms with Crippen molar-refractivity contribution in [2.24, 2.45) is 0 Å². The van der Waals surface area contributed by atoms with E-state index in [1.807, 2.05) is 6.92 Å². The lowest BCUT2D eigenvalue weighted by molar-refractivity contribution is -0.467. The van der Waals surface area contributed by atoms with Crippen LogP contribution in [0, 0.1) is 0 Å². The highest BCUT2D eigenvalue weighted by Gasteiger charge is 2.97. The maximum absolute atomic E-state index is 13.9. The van der Waals surface area contributed by atoms with E-state index in [4.69, 9.17) is 0 Å². The predicted octanol–water partition coefficient (Wildman–Crippen LogP) is 11.1. The molecule has 0 aromatic heterocycles. The van der Waals surface area contributed by atoms with E-state index in [-0.39, 0.29) is 6.42 Å². The van der Waals surface area contributed by atoms with Crippen LogP contribution in [0.25, 0.3) is 0 Å². The van der Waals surface area contributed by atoms with Gasteiger partial charge in [-0.25, -0.2) is 0 Å². The van der Waals surface area contributed by atoms with Crippen LogP contribution in [0.4, 0.5) is 87.8 Å². The smallest absolute Gasteiger partial charge is 0.200 e. The number of hydrogen-bond donors (Lipinski definition) is 0. The number of allylic oxidation sites excluding steroid dienone is 1. The number of alkyl halides is 20. The Kier molecular flexibility index (Phi) is 11.9. The molecule has 0 nitrogen and oxygen atoms in total. The molecule has 252 valence electrons. The molecule has 0 rings (SSSR count). The molecular formula is C22H24F20. The quantitative estimate of drug-likeness (QED) is 0.0730. The minimum absolute atomic E-state index is 0.00103. The summed E-state index contributed by atoms with van der Waals surface area (Å²) >= 11 is 0. The molecule has 0 N–H and O–H groups in total. The van der Waals surface area contributed by atoms with E-state index in [9.17, 15) is 87.8 Å². The molecule has 0 unspecified atom stereocenters. The Morgan fingerprint density at radius 3 is 0.952 bits per heavy atom. The van der Waals surface area contributed by atoms with Crippen molar-refractivity contribution in [1.82, 2.24) is 0 Å². The largest absolute Gasteiger partial charge is 0.385 e. The van der Waals surface area contributed by atoms with Crippen LogP contribution in [0.5, 0.6) is 0 Å². The van der Waals surface area contributed by atoms with Crippen LogP contribution in [0.1, 0.15) is 64.7 Å². The summed E-state index contributed by atoms with van der Waals surface area (Å²) in [6.07, 6.45) is -2.67. The maximum Gasteiger partial charge on any atom is 0.385 e. The molecular weight excluding hydrogens is 644 g/mol. The first kappa shape index (κ1) is 40.3. The Labute approximate surface area is 225 Å². The number of hydrogen-bond acceptors (Lipinski definition) is 0. The molecule has 20 heteroatoms. The van der Waals surface area contributed by atoms with E-state index in [1.54, 1.807) is 6.58 Å². The van der Waals surface area contributed by atoms with Crippen LogP contribution in [-0.2, 0) is 0 Å². The number of halogens is 20. The maximum atomic E-state index is 13.9. The standard InChI is InChI=1S/C22H24F20/c1-3-5-6-7-8-9-10-11-12-14(25,26)16(29,30)18(33,34)20(37,38)22(41,42)21(39,40)19(35,36)17(31,32)15(27,28)13(23,24)4-2/h4H,2-3,5-12H2,1H3. The van der Waals surface area contributed by atoms with Crippen LogP contribution in [-0.4, -0.2) is 59.2 Å². The SMILES string of the molecule is C=CC(F)(F)C(F)(F)C(F)(F)C(F)(F)C(F)(F)C(F)(F)C(F)(F)C(F)(F)C(F)(F)C(F)(F)CCCCCCCCCC. The van der Waals surface area contributed by atoms with Crippen molar-refractivity contribution >= 4 is 0 Å². The first-order valence-corrected chi connectivity index (χ1v) is 11.8. The van der Waals surface area contributed by atoms with Crippen LogP contribution in [0.2, 0.25) is 0 Å². The summed E-state index contributed by atoms with van der Waals surface area (Å²) in [7, 11) is 0. The third kappa shape index (κ3) is 6.14. The average molecular weight is 668 g/mol. The molecule has 0 saturated carbocycles. The minimum atomic E-state index is -9.00. The Balaban J connectivity index is 6.41. The first-order valence-electron chi connectivity index (χ1n) is 11.8. The van der Waals surface area contributed by atoms with Crippen LogP contribution in [0.15, 0.2) is 12.7 Å². The van der Waals surface area contributed by atoms with E-state index >= 15 is 0 Å². The van der Waals surface area contributed by atoms with E-state index in [2.05, 4.69) is 0 Å². The summed E-state index contributed by atoms with van der Waals surface area (Å²) in [4.78, 5) is 0. The Hall–Kier alpha value is -1.66. The van der Waals surface area contributed by atoms with Crippen molar-refractivity contribution in [3.05, 3.63) is 12.7 Å². The van der Waals surface area contributed by atoms with Gasteiger partial charge in [-0.3, -0.25) is 0 Å². The molecule has 0 spiro atoms. The third-order valence-electron chi connectivity index (χ3n) is 6.24. The Morgan fingerprint density at radius 1 is 0.381 bits per heavy atom. The molecule has 0 aliphatic carbocycles. The van der Waals surface area contributed by atoms with Crippen LogP contribution < -0.4 is 0 Å². The molecule has 0 heterocycles. The highest BCUT2D eigenvalue weighted by molar-refractivity contribution is 5.19. The molecule has 0 saturated heterocycles. The van der Waals surface area contributed by atoms with Gasteiger partial charge in [0.25, 0.3) is 0 Å². The molecule has 0 radical (unpaired) electrons. The summed E-state index contributed by atoms with van der Waals surface area (Å²) in [5.74, 6) is -81.4. The first-order chi connectivity index (χ1) is 18.4. The zero-order valence-corrected chi connectivity index (χ0v) is 21.2. The van der Waals surface area contributed by atoms with Crippen molar-refractivity contribution in [2.45, 2.75) is 124 Å². The van der Waals surface area contributed by atoms with Gasteiger partial charge in [-0.15, -0.1) is 0 Å². The number of unbranched alkanes of at least 4 members (excludes halogenated alkanes) is 7. The van der Waals surface area contributed by atoms with Gasteiger partial charge in [0, 0.05) is 6.42 Å². The monoisotopic (exact) mass is 668 g/mol. The van der Waals surface area contributed by atoms with Gasteiger partial charge in [0.1, 0.15) is 0 Å². The predicted molar refractivity (Wildman–Crippen MR) is 107 cm³/mol. The van der Waals surface area contributed by atoms with Crippen molar-refractivity contribution in [3.8, 4) is 0 Å². The van der Waals surface area contributed by atoms with Crippen molar-refractivity contribution in [1.29, 1.82) is 0 Å². The van der Waals surface area contributed by atoms with Gasteiger partial charge in [-0.05, 0) is 12.5 Å². The lowest BCUT2D eigenvalue weighted by Crippen LogP contribution is -2.76. The fourth-order valence-corrected chi connectivity index (χ4v) is 3.39. The Bertz CT molecular complexity index is 888. The molecule has 0 aromatic rings. The van der Waals surface area contributed by atoms with Crippen molar-refractivity contribution in [3.63, 3.8) is 0 Å². The van der Waals surface area contributed by atoms with E-state index in [1.165, 1.54) is 0 Å². The summed E-state index contributed by atoms with van der Waals surface area (Å²) in [5.41, 5.74) is 0. The molecule has 0 atom stereocenters. The zero-order valence-electron chi connectivity index (χ0n) is 21.2. The molecule has 0 aliphatic rings. The Morgan fingerprint density at radius 2 is 0.643 bits per heavy atom. The van der Waals surface area contributed by atoms with E-state index in [0.717, 1.165) is 12.8 Å². The summed E-state index contributed by atoms with van der Waals surface area (Å²) in [5, 5.41) is 0. The fraction of sp³-hybridized carbons (Fsp3) is 0.909. The highest BCUT2D eigenvalue weighted by Crippen LogP contribution is 2.66. The molecule has 42 heavy (non-hydrogen) atoms. The molecule has 0 fully saturated rings. The molecule has 0 aromatic carbocycles. The highest BCUT2D eigenvalue weighted by atomic mass is 19.4. The lowest BCUT2D eigenvalue weighted by Gasteiger charge is -2.45. The van der Waals surface area contributed by atoms with Gasteiger partial charge in [0.05, 0.1) is 0 Å². The summed E-state index contributed by atoms with van der Waals surface area (Å²) < 4.78 is 274. The van der Waals surface area contributed by atoms with Gasteiger partial charge in [0.2, 0.25) is 0 Å². The summed E-state index contributed by atoms with van der Waals surface area (Å²) in [6.45, 7) is 3.58. The van der Waals surface area contributed by atoms with Gasteiger partial charge in [-0.1, -0.05) is 58.4 Å². The van der Waals surface area contributed by atoms with E-state index in [0.29, 0.717) is 19.3 Å². The second-order valence-corrected chi connectivity index (χ2v) is 9.35. The summed E-state index contributed by atoms with van der Waals surface area (Å²) in [6, 6.07) is 0. The third-order valence-corrected chi connectivity index (χ3v) is 6.24. The second kappa shape index (κ2) is 12.4. The molecule has 0 amide bonds.